The van der Waals surface area contributed by atoms with Crippen LogP contribution in [0.3, 0.4) is 0 Å². The molecule has 2 amide bonds. The number of hydrazone groups is 1. The molecule has 2 aliphatic rings. The SMILES string of the molecule is CC(C(C(=O)Nc1cccc(CC2(C(=O)OC(C)(C)O)CC2)c1)c1ccc(CN2N=C(c3ccccc3)OCC2=O)cc1)C(F)(F)F. The van der Waals surface area contributed by atoms with Gasteiger partial charge in [0.25, 0.3) is 5.91 Å². The Morgan fingerprint density at radius 1 is 1.02 bits per heavy atom. The summed E-state index contributed by atoms with van der Waals surface area (Å²) in [5.41, 5.74) is 1.63. The Morgan fingerprint density at radius 2 is 1.70 bits per heavy atom. The molecule has 0 saturated heterocycles. The van der Waals surface area contributed by atoms with E-state index in [4.69, 9.17) is 9.47 Å². The van der Waals surface area contributed by atoms with Gasteiger partial charge < -0.3 is 19.9 Å². The first kappa shape index (κ1) is 33.6. The average Bonchev–Trinajstić information content (AvgIpc) is 3.79. The van der Waals surface area contributed by atoms with Crippen LogP contribution in [0.2, 0.25) is 0 Å². The van der Waals surface area contributed by atoms with E-state index < -0.39 is 41.1 Å². The quantitative estimate of drug-likeness (QED) is 0.196. The van der Waals surface area contributed by atoms with Gasteiger partial charge in [-0.2, -0.15) is 13.2 Å². The number of halogens is 3. The number of hydrogen-bond donors (Lipinski definition) is 2. The smallest absolute Gasteiger partial charge is 0.392 e. The van der Waals surface area contributed by atoms with Gasteiger partial charge in [0.05, 0.1) is 23.8 Å². The molecule has 248 valence electrons. The number of esters is 1. The largest absolute Gasteiger partial charge is 0.466 e. The lowest BCUT2D eigenvalue weighted by atomic mass is 9.85. The van der Waals surface area contributed by atoms with Crippen LogP contribution >= 0.6 is 0 Å². The first-order valence-corrected chi connectivity index (χ1v) is 15.2. The third kappa shape index (κ3) is 8.37. The van der Waals surface area contributed by atoms with Crippen molar-refractivity contribution in [3.8, 4) is 0 Å². The number of hydrogen-bond acceptors (Lipinski definition) is 7. The second kappa shape index (κ2) is 13.2. The molecule has 1 aliphatic carbocycles. The maximum atomic E-state index is 14.0. The zero-order valence-corrected chi connectivity index (χ0v) is 26.2. The van der Waals surface area contributed by atoms with Crippen molar-refractivity contribution in [3.63, 3.8) is 0 Å². The van der Waals surface area contributed by atoms with Crippen LogP contribution in [0.5, 0.6) is 0 Å². The van der Waals surface area contributed by atoms with E-state index in [9.17, 15) is 32.7 Å². The fraction of sp³-hybridized carbons (Fsp3) is 0.371. The van der Waals surface area contributed by atoms with Crippen LogP contribution < -0.4 is 5.32 Å². The highest BCUT2D eigenvalue weighted by atomic mass is 19.4. The van der Waals surface area contributed by atoms with Crippen LogP contribution in [-0.2, 0) is 36.8 Å². The number of nitrogens with zero attached hydrogens (tertiary/aromatic N) is 2. The Bertz CT molecular complexity index is 1650. The number of carbonyl (C=O) groups excluding carboxylic acids is 3. The minimum absolute atomic E-state index is 0.0577. The van der Waals surface area contributed by atoms with Crippen LogP contribution in [0, 0.1) is 11.3 Å². The summed E-state index contributed by atoms with van der Waals surface area (Å²) in [6.07, 6.45) is -3.23. The standard InChI is InChI=1S/C35H36F3N3O6/c1-22(35(36,37)38)29(30(43)39-27-11-7-8-24(18-27)19-34(16-17-34)32(44)47-33(2,3)45)25-14-12-23(13-15-25)20-41-28(42)21-46-31(40-41)26-9-5-4-6-10-26/h4-15,18,22,29,45H,16-17,19-21H2,1-3H3,(H,39,43). The zero-order chi connectivity index (χ0) is 34.0. The number of ether oxygens (including phenoxy) is 2. The average molecular weight is 652 g/mol. The van der Waals surface area contributed by atoms with Gasteiger partial charge in [-0.05, 0) is 60.2 Å². The minimum Gasteiger partial charge on any atom is -0.466 e. The van der Waals surface area contributed by atoms with Gasteiger partial charge in [-0.1, -0.05) is 61.5 Å². The summed E-state index contributed by atoms with van der Waals surface area (Å²) in [6.45, 7) is 3.55. The molecule has 1 heterocycles. The van der Waals surface area contributed by atoms with Crippen molar-refractivity contribution >= 4 is 29.4 Å². The number of rotatable bonds is 11. The third-order valence-electron chi connectivity index (χ3n) is 8.19. The van der Waals surface area contributed by atoms with Gasteiger partial charge in [-0.3, -0.25) is 14.4 Å². The fourth-order valence-corrected chi connectivity index (χ4v) is 5.41. The maximum Gasteiger partial charge on any atom is 0.392 e. The monoisotopic (exact) mass is 651 g/mol. The van der Waals surface area contributed by atoms with Gasteiger partial charge in [0.1, 0.15) is 0 Å². The summed E-state index contributed by atoms with van der Waals surface area (Å²) >= 11 is 0. The van der Waals surface area contributed by atoms with Crippen molar-refractivity contribution in [2.24, 2.45) is 16.4 Å². The highest BCUT2D eigenvalue weighted by molar-refractivity contribution is 5.98. The molecule has 0 aromatic heterocycles. The van der Waals surface area contributed by atoms with Crippen LogP contribution in [0.25, 0.3) is 0 Å². The molecular weight excluding hydrogens is 615 g/mol. The first-order valence-electron chi connectivity index (χ1n) is 15.2. The van der Waals surface area contributed by atoms with Gasteiger partial charge in [0.2, 0.25) is 17.6 Å². The van der Waals surface area contributed by atoms with Crippen molar-refractivity contribution in [2.45, 2.75) is 64.5 Å². The summed E-state index contributed by atoms with van der Waals surface area (Å²) in [5, 5.41) is 18.1. The molecule has 5 rings (SSSR count). The number of nitrogens with one attached hydrogen (secondary N) is 1. The van der Waals surface area contributed by atoms with Crippen molar-refractivity contribution in [1.82, 2.24) is 5.01 Å². The van der Waals surface area contributed by atoms with Crippen LogP contribution in [-0.4, -0.2) is 52.4 Å². The summed E-state index contributed by atoms with van der Waals surface area (Å²) in [5.74, 6) is -6.67. The van der Waals surface area contributed by atoms with Gasteiger partial charge in [0, 0.05) is 25.1 Å². The topological polar surface area (TPSA) is 118 Å². The molecule has 2 N–H and O–H groups in total. The van der Waals surface area contributed by atoms with E-state index in [1.165, 1.54) is 31.0 Å². The van der Waals surface area contributed by atoms with Crippen molar-refractivity contribution in [1.29, 1.82) is 0 Å². The predicted molar refractivity (Wildman–Crippen MR) is 167 cm³/mol. The first-order chi connectivity index (χ1) is 22.1. The predicted octanol–water partition coefficient (Wildman–Crippen LogP) is 5.92. The van der Waals surface area contributed by atoms with E-state index >= 15 is 0 Å². The van der Waals surface area contributed by atoms with Crippen LogP contribution in [0.1, 0.15) is 61.8 Å². The zero-order valence-electron chi connectivity index (χ0n) is 26.2. The molecule has 2 unspecified atom stereocenters. The number of alkyl halides is 3. The number of carbonyl (C=O) groups is 3. The lowest BCUT2D eigenvalue weighted by molar-refractivity contribution is -0.201. The normalized spacial score (nSPS) is 17.2. The Kier molecular flexibility index (Phi) is 9.44. The highest BCUT2D eigenvalue weighted by Crippen LogP contribution is 2.50. The van der Waals surface area contributed by atoms with E-state index in [2.05, 4.69) is 10.4 Å². The van der Waals surface area contributed by atoms with Crippen molar-refractivity contribution in [2.75, 3.05) is 11.9 Å². The van der Waals surface area contributed by atoms with E-state index in [1.54, 1.807) is 48.5 Å². The lowest BCUT2D eigenvalue weighted by Crippen LogP contribution is -2.36. The molecule has 12 heteroatoms. The number of anilines is 1. The molecule has 1 saturated carbocycles. The Balaban J connectivity index is 1.31. The Labute approximate surface area is 270 Å². The van der Waals surface area contributed by atoms with Crippen LogP contribution in [0.15, 0.2) is 84.0 Å². The second-order valence-corrected chi connectivity index (χ2v) is 12.5. The number of aliphatic hydroxyl groups is 1. The van der Waals surface area contributed by atoms with Crippen molar-refractivity contribution in [3.05, 3.63) is 101 Å². The maximum absolute atomic E-state index is 14.0. The van der Waals surface area contributed by atoms with Crippen molar-refractivity contribution < 1.29 is 42.1 Å². The minimum atomic E-state index is -4.66. The van der Waals surface area contributed by atoms with Gasteiger partial charge in [-0.25, -0.2) is 5.01 Å². The molecule has 1 aliphatic heterocycles. The number of benzene rings is 3. The fourth-order valence-electron chi connectivity index (χ4n) is 5.41. The molecule has 3 aromatic rings. The molecule has 47 heavy (non-hydrogen) atoms. The molecule has 9 nitrogen and oxygen atoms in total. The lowest BCUT2D eigenvalue weighted by Gasteiger charge is -2.27. The summed E-state index contributed by atoms with van der Waals surface area (Å²) in [7, 11) is 0. The molecular formula is C35H36F3N3O6. The summed E-state index contributed by atoms with van der Waals surface area (Å²) in [4.78, 5) is 38.6. The molecule has 1 fully saturated rings. The molecule has 0 bridgehead atoms. The molecule has 0 radical (unpaired) electrons. The Hall–Kier alpha value is -4.71. The molecule has 0 spiro atoms. The summed E-state index contributed by atoms with van der Waals surface area (Å²) < 4.78 is 52.7. The molecule has 2 atom stereocenters. The Morgan fingerprint density at radius 3 is 2.32 bits per heavy atom. The highest BCUT2D eigenvalue weighted by Gasteiger charge is 2.52. The van der Waals surface area contributed by atoms with E-state index in [0.717, 1.165) is 6.92 Å². The van der Waals surface area contributed by atoms with E-state index in [1.807, 2.05) is 18.2 Å². The van der Waals surface area contributed by atoms with Gasteiger partial charge >= 0.3 is 12.1 Å². The van der Waals surface area contributed by atoms with Gasteiger partial charge in [0.15, 0.2) is 6.61 Å². The third-order valence-corrected chi connectivity index (χ3v) is 8.19. The van der Waals surface area contributed by atoms with Crippen LogP contribution in [0.4, 0.5) is 18.9 Å². The molecule has 3 aromatic carbocycles. The van der Waals surface area contributed by atoms with E-state index in [-0.39, 0.29) is 42.6 Å². The van der Waals surface area contributed by atoms with E-state index in [0.29, 0.717) is 29.5 Å². The second-order valence-electron chi connectivity index (χ2n) is 12.5. The van der Waals surface area contributed by atoms with Gasteiger partial charge in [-0.15, -0.1) is 5.10 Å². The summed E-state index contributed by atoms with van der Waals surface area (Å²) in [6, 6.07) is 21.7. The number of amides is 2.